The monoisotopic (exact) mass is 554 g/mol. The molecule has 7 nitrogen and oxygen atoms in total. The van der Waals surface area contributed by atoms with Crippen molar-refractivity contribution in [1.82, 2.24) is 9.80 Å². The van der Waals surface area contributed by atoms with Crippen molar-refractivity contribution in [3.05, 3.63) is 63.6 Å². The molecule has 1 aliphatic carbocycles. The summed E-state index contributed by atoms with van der Waals surface area (Å²) in [5.41, 5.74) is 1.85. The predicted molar refractivity (Wildman–Crippen MR) is 140 cm³/mol. The van der Waals surface area contributed by atoms with Gasteiger partial charge in [-0.1, -0.05) is 41.4 Å². The van der Waals surface area contributed by atoms with Gasteiger partial charge in [0.2, 0.25) is 11.8 Å². The average Bonchev–Trinajstić information content (AvgIpc) is 3.58. The third-order valence-electron chi connectivity index (χ3n) is 6.36. The maximum Gasteiger partial charge on any atom is 0.305 e. The first-order chi connectivity index (χ1) is 16.8. The first kappa shape index (κ1) is 28.3. The maximum absolute atomic E-state index is 11.7. The summed E-state index contributed by atoms with van der Waals surface area (Å²) in [6.45, 7) is 1.70. The van der Waals surface area contributed by atoms with Crippen LogP contribution in [0.3, 0.4) is 0 Å². The van der Waals surface area contributed by atoms with Crippen LogP contribution in [0.25, 0.3) is 0 Å². The molecule has 0 aromatic heterocycles. The highest BCUT2D eigenvalue weighted by Crippen LogP contribution is 2.36. The fourth-order valence-electron chi connectivity index (χ4n) is 4.36. The second kappa shape index (κ2) is 12.8. The number of hydrogen-bond acceptors (Lipinski definition) is 5. The summed E-state index contributed by atoms with van der Waals surface area (Å²) in [5, 5.41) is 10.6. The van der Waals surface area contributed by atoms with E-state index in [0.29, 0.717) is 28.3 Å². The van der Waals surface area contributed by atoms with Gasteiger partial charge in [0.25, 0.3) is 0 Å². The SMILES string of the molecule is Cl.O=C(O)CC(c1ccc(Cl)cc1)N(Cc1ccc(OCCN2C(=O)CCC2=O)c(Cl)c1)CC1CC1. The highest BCUT2D eigenvalue weighted by Gasteiger charge is 2.31. The number of hydrogen-bond donors (Lipinski definition) is 1. The van der Waals surface area contributed by atoms with Crippen LogP contribution in [-0.4, -0.2) is 52.4 Å². The summed E-state index contributed by atoms with van der Waals surface area (Å²) >= 11 is 12.5. The van der Waals surface area contributed by atoms with Crippen LogP contribution in [0.5, 0.6) is 5.75 Å². The third-order valence-corrected chi connectivity index (χ3v) is 6.91. The Bertz CT molecular complexity index is 1080. The number of aliphatic carboxylic acids is 1. The second-order valence-corrected chi connectivity index (χ2v) is 9.93. The molecule has 1 atom stereocenters. The Morgan fingerprint density at radius 1 is 1.08 bits per heavy atom. The van der Waals surface area contributed by atoms with Crippen molar-refractivity contribution in [2.45, 2.75) is 44.7 Å². The minimum atomic E-state index is -0.859. The van der Waals surface area contributed by atoms with Gasteiger partial charge in [0.1, 0.15) is 12.4 Å². The minimum absolute atomic E-state index is 0. The van der Waals surface area contributed by atoms with Gasteiger partial charge in [0.15, 0.2) is 0 Å². The Morgan fingerprint density at radius 3 is 2.33 bits per heavy atom. The number of carboxylic acid groups (broad SMARTS) is 1. The number of carbonyl (C=O) groups is 3. The van der Waals surface area contributed by atoms with Crippen molar-refractivity contribution < 1.29 is 24.2 Å². The number of likely N-dealkylation sites (tertiary alicyclic amines) is 1. The van der Waals surface area contributed by atoms with Crippen LogP contribution < -0.4 is 4.74 Å². The molecule has 4 rings (SSSR count). The zero-order valence-corrected chi connectivity index (χ0v) is 22.0. The number of amides is 2. The number of ether oxygens (including phenoxy) is 1. The van der Waals surface area contributed by atoms with Gasteiger partial charge in [-0.2, -0.15) is 0 Å². The summed E-state index contributed by atoms with van der Waals surface area (Å²) in [7, 11) is 0. The Kier molecular flexibility index (Phi) is 10.0. The van der Waals surface area contributed by atoms with Crippen molar-refractivity contribution in [1.29, 1.82) is 0 Å². The summed E-state index contributed by atoms with van der Waals surface area (Å²) < 4.78 is 5.73. The molecule has 0 radical (unpaired) electrons. The van der Waals surface area contributed by atoms with Crippen molar-refractivity contribution >= 4 is 53.4 Å². The van der Waals surface area contributed by atoms with E-state index in [1.54, 1.807) is 18.2 Å². The van der Waals surface area contributed by atoms with Crippen LogP contribution in [-0.2, 0) is 20.9 Å². The number of carbonyl (C=O) groups excluding carboxylic acids is 2. The van der Waals surface area contributed by atoms with E-state index in [0.717, 1.165) is 30.5 Å². The van der Waals surface area contributed by atoms with E-state index >= 15 is 0 Å². The predicted octanol–water partition coefficient (Wildman–Crippen LogP) is 5.37. The first-order valence-electron chi connectivity index (χ1n) is 11.8. The molecule has 36 heavy (non-hydrogen) atoms. The number of benzene rings is 2. The van der Waals surface area contributed by atoms with Gasteiger partial charge >= 0.3 is 5.97 Å². The van der Waals surface area contributed by atoms with Crippen LogP contribution >= 0.6 is 35.6 Å². The van der Waals surface area contributed by atoms with Gasteiger partial charge in [-0.15, -0.1) is 12.4 Å². The molecule has 2 aromatic carbocycles. The van der Waals surface area contributed by atoms with E-state index in [1.165, 1.54) is 4.90 Å². The lowest BCUT2D eigenvalue weighted by Crippen LogP contribution is -2.33. The third kappa shape index (κ3) is 7.59. The molecule has 194 valence electrons. The van der Waals surface area contributed by atoms with E-state index in [-0.39, 0.29) is 62.7 Å². The molecular formula is C26H29Cl3N2O5. The fourth-order valence-corrected chi connectivity index (χ4v) is 4.74. The quantitative estimate of drug-likeness (QED) is 0.354. The lowest BCUT2D eigenvalue weighted by molar-refractivity contribution is -0.140. The van der Waals surface area contributed by atoms with Gasteiger partial charge < -0.3 is 9.84 Å². The number of carboxylic acids is 1. The van der Waals surface area contributed by atoms with E-state index in [1.807, 2.05) is 24.3 Å². The molecule has 2 aliphatic rings. The normalized spacial score (nSPS) is 16.2. The summed E-state index contributed by atoms with van der Waals surface area (Å²) in [4.78, 5) is 38.6. The summed E-state index contributed by atoms with van der Waals surface area (Å²) in [6, 6.07) is 12.5. The maximum atomic E-state index is 11.7. The van der Waals surface area contributed by atoms with Crippen LogP contribution in [0.15, 0.2) is 42.5 Å². The van der Waals surface area contributed by atoms with Gasteiger partial charge in [0.05, 0.1) is 18.0 Å². The molecular weight excluding hydrogens is 527 g/mol. The lowest BCUT2D eigenvalue weighted by atomic mass is 10.0. The van der Waals surface area contributed by atoms with Gasteiger partial charge in [-0.3, -0.25) is 24.2 Å². The molecule has 0 bridgehead atoms. The van der Waals surface area contributed by atoms with E-state index in [9.17, 15) is 19.5 Å². The average molecular weight is 556 g/mol. The largest absolute Gasteiger partial charge is 0.490 e. The zero-order valence-electron chi connectivity index (χ0n) is 19.7. The number of rotatable bonds is 12. The zero-order chi connectivity index (χ0) is 24.9. The second-order valence-electron chi connectivity index (χ2n) is 9.09. The fraction of sp³-hybridized carbons (Fsp3) is 0.423. The van der Waals surface area contributed by atoms with Gasteiger partial charge in [0, 0.05) is 37.0 Å². The number of halogens is 3. The van der Waals surface area contributed by atoms with Crippen molar-refractivity contribution in [3.8, 4) is 5.75 Å². The molecule has 1 saturated heterocycles. The van der Waals surface area contributed by atoms with Crippen LogP contribution in [0.1, 0.15) is 49.3 Å². The van der Waals surface area contributed by atoms with E-state index < -0.39 is 5.97 Å². The Morgan fingerprint density at radius 2 is 1.75 bits per heavy atom. The summed E-state index contributed by atoms with van der Waals surface area (Å²) in [5.74, 6) is -0.169. The molecule has 1 heterocycles. The van der Waals surface area contributed by atoms with Crippen LogP contribution in [0, 0.1) is 5.92 Å². The smallest absolute Gasteiger partial charge is 0.305 e. The summed E-state index contributed by atoms with van der Waals surface area (Å²) in [6.07, 6.45) is 2.78. The number of nitrogens with zero attached hydrogens (tertiary/aromatic N) is 2. The standard InChI is InChI=1S/C26H28Cl2N2O5.ClH/c27-20-6-4-19(5-7-20)22(14-26(33)34)29(15-17-1-2-17)16-18-3-8-23(21(28)13-18)35-12-11-30-24(31)9-10-25(30)32;/h3-8,13,17,22H,1-2,9-12,14-16H2,(H,33,34);1H. The molecule has 1 saturated carbocycles. The van der Waals surface area contributed by atoms with Crippen LogP contribution in [0.4, 0.5) is 0 Å². The molecule has 0 spiro atoms. The first-order valence-corrected chi connectivity index (χ1v) is 12.5. The molecule has 1 N–H and O–H groups in total. The lowest BCUT2D eigenvalue weighted by Gasteiger charge is -2.31. The van der Waals surface area contributed by atoms with Crippen molar-refractivity contribution in [3.63, 3.8) is 0 Å². The van der Waals surface area contributed by atoms with Gasteiger partial charge in [-0.05, 0) is 54.2 Å². The molecule has 1 aliphatic heterocycles. The van der Waals surface area contributed by atoms with E-state index in [2.05, 4.69) is 4.90 Å². The molecule has 1 unspecified atom stereocenters. The molecule has 2 fully saturated rings. The highest BCUT2D eigenvalue weighted by molar-refractivity contribution is 6.32. The van der Waals surface area contributed by atoms with Crippen molar-refractivity contribution in [2.75, 3.05) is 19.7 Å². The van der Waals surface area contributed by atoms with Gasteiger partial charge in [-0.25, -0.2) is 0 Å². The number of imide groups is 1. The Hall–Kier alpha value is -2.32. The van der Waals surface area contributed by atoms with Crippen molar-refractivity contribution in [2.24, 2.45) is 5.92 Å². The Labute approximate surface area is 226 Å². The molecule has 2 aromatic rings. The molecule has 10 heteroatoms. The molecule has 2 amide bonds. The van der Waals surface area contributed by atoms with Crippen LogP contribution in [0.2, 0.25) is 10.0 Å². The Balaban J connectivity index is 0.00000361. The highest BCUT2D eigenvalue weighted by atomic mass is 35.5. The minimum Gasteiger partial charge on any atom is -0.490 e. The topological polar surface area (TPSA) is 87.2 Å². The van der Waals surface area contributed by atoms with E-state index in [4.69, 9.17) is 27.9 Å².